The van der Waals surface area contributed by atoms with Crippen LogP contribution in [0.15, 0.2) is 48.8 Å². The molecule has 7 heteroatoms. The Kier molecular flexibility index (Phi) is 7.53. The Bertz CT molecular complexity index is 1050. The van der Waals surface area contributed by atoms with Gasteiger partial charge in [0.1, 0.15) is 5.75 Å². The Morgan fingerprint density at radius 3 is 2.60 bits per heavy atom. The number of piperidine rings is 1. The monoisotopic (exact) mass is 477 g/mol. The fraction of sp³-hybridized carbons (Fsp3) is 0.500. The molecule has 1 aromatic carbocycles. The molecular formula is C28H35N3O4. The van der Waals surface area contributed by atoms with E-state index in [1.54, 1.807) is 25.4 Å². The molecule has 3 heterocycles. The van der Waals surface area contributed by atoms with Gasteiger partial charge in [-0.3, -0.25) is 24.3 Å². The third kappa shape index (κ3) is 5.09. The summed E-state index contributed by atoms with van der Waals surface area (Å²) in [5, 5.41) is 0. The molecule has 2 atom stereocenters. The Hall–Kier alpha value is -3.22. The number of rotatable bonds is 8. The number of methoxy groups -OCH3 is 1. The summed E-state index contributed by atoms with van der Waals surface area (Å²) < 4.78 is 5.29. The maximum Gasteiger partial charge on any atom is 0.240 e. The summed E-state index contributed by atoms with van der Waals surface area (Å²) in [6, 6.07) is 11.0. The molecule has 2 saturated heterocycles. The molecule has 3 amide bonds. The van der Waals surface area contributed by atoms with Crippen molar-refractivity contribution >= 4 is 17.7 Å². The molecule has 2 aromatic rings. The number of aromatic nitrogens is 1. The topological polar surface area (TPSA) is 79.8 Å². The van der Waals surface area contributed by atoms with Gasteiger partial charge in [-0.05, 0) is 60.9 Å². The molecule has 2 aliphatic heterocycles. The SMILES string of the molecule is COc1ccc(C2(CC(=O)N3CCCCC3c3cccnc3)CC(=O)N(CCC(C)C)C2=O)cc1. The Morgan fingerprint density at radius 1 is 1.17 bits per heavy atom. The number of benzene rings is 1. The third-order valence-corrected chi connectivity index (χ3v) is 7.33. The van der Waals surface area contributed by atoms with E-state index < -0.39 is 5.41 Å². The molecular weight excluding hydrogens is 442 g/mol. The quantitative estimate of drug-likeness (QED) is 0.531. The number of nitrogens with zero attached hydrogens (tertiary/aromatic N) is 3. The number of pyridine rings is 1. The highest BCUT2D eigenvalue weighted by Crippen LogP contribution is 2.42. The van der Waals surface area contributed by atoms with Crippen molar-refractivity contribution in [2.75, 3.05) is 20.2 Å². The maximum atomic E-state index is 13.9. The van der Waals surface area contributed by atoms with Gasteiger partial charge in [0.05, 0.1) is 18.6 Å². The lowest BCUT2D eigenvalue weighted by molar-refractivity contribution is -0.144. The molecule has 2 fully saturated rings. The van der Waals surface area contributed by atoms with E-state index in [1.807, 2.05) is 35.4 Å². The van der Waals surface area contributed by atoms with Crippen LogP contribution >= 0.6 is 0 Å². The fourth-order valence-corrected chi connectivity index (χ4v) is 5.30. The van der Waals surface area contributed by atoms with Crippen molar-refractivity contribution in [1.82, 2.24) is 14.8 Å². The van der Waals surface area contributed by atoms with Crippen LogP contribution in [0.5, 0.6) is 5.75 Å². The van der Waals surface area contributed by atoms with E-state index in [4.69, 9.17) is 4.74 Å². The van der Waals surface area contributed by atoms with E-state index in [1.165, 1.54) is 4.90 Å². The van der Waals surface area contributed by atoms with E-state index in [0.29, 0.717) is 30.3 Å². The second kappa shape index (κ2) is 10.6. The van der Waals surface area contributed by atoms with E-state index in [-0.39, 0.29) is 36.6 Å². The molecule has 2 aliphatic rings. The molecule has 0 aliphatic carbocycles. The Balaban J connectivity index is 1.67. The van der Waals surface area contributed by atoms with Gasteiger partial charge < -0.3 is 9.64 Å². The Labute approximate surface area is 207 Å². The van der Waals surface area contributed by atoms with Gasteiger partial charge in [0.2, 0.25) is 17.7 Å². The summed E-state index contributed by atoms with van der Waals surface area (Å²) in [6.07, 6.45) is 7.07. The standard InChI is InChI=1S/C28H35N3O4/c1-20(2)13-16-31-26(33)18-28(27(31)34,22-9-11-23(35-3)12-10-22)17-25(32)30-15-5-4-8-24(30)21-7-6-14-29-19-21/h6-7,9-12,14,19-20,24H,4-5,8,13,15-18H2,1-3H3. The van der Waals surface area contributed by atoms with Crippen LogP contribution < -0.4 is 4.74 Å². The predicted octanol–water partition coefficient (Wildman–Crippen LogP) is 4.28. The first-order valence-electron chi connectivity index (χ1n) is 12.5. The number of carbonyl (C=O) groups is 3. The van der Waals surface area contributed by atoms with Crippen LogP contribution in [0.25, 0.3) is 0 Å². The van der Waals surface area contributed by atoms with Crippen LogP contribution in [-0.2, 0) is 19.8 Å². The van der Waals surface area contributed by atoms with E-state index in [2.05, 4.69) is 18.8 Å². The predicted molar refractivity (Wildman–Crippen MR) is 133 cm³/mol. The molecule has 1 aromatic heterocycles. The van der Waals surface area contributed by atoms with Gasteiger partial charge in [0.25, 0.3) is 0 Å². The minimum Gasteiger partial charge on any atom is -0.497 e. The number of ether oxygens (including phenoxy) is 1. The molecule has 0 saturated carbocycles. The van der Waals surface area contributed by atoms with Crippen LogP contribution in [0.4, 0.5) is 0 Å². The average molecular weight is 478 g/mol. The van der Waals surface area contributed by atoms with Gasteiger partial charge in [0.15, 0.2) is 0 Å². The molecule has 35 heavy (non-hydrogen) atoms. The van der Waals surface area contributed by atoms with Crippen molar-refractivity contribution < 1.29 is 19.1 Å². The molecule has 0 bridgehead atoms. The largest absolute Gasteiger partial charge is 0.497 e. The van der Waals surface area contributed by atoms with Gasteiger partial charge in [0, 0.05) is 38.3 Å². The zero-order valence-electron chi connectivity index (χ0n) is 20.9. The van der Waals surface area contributed by atoms with Gasteiger partial charge in [-0.15, -0.1) is 0 Å². The van der Waals surface area contributed by atoms with Gasteiger partial charge >= 0.3 is 0 Å². The smallest absolute Gasteiger partial charge is 0.240 e. The van der Waals surface area contributed by atoms with Gasteiger partial charge in [-0.25, -0.2) is 0 Å². The fourth-order valence-electron chi connectivity index (χ4n) is 5.30. The number of hydrogen-bond donors (Lipinski definition) is 0. The number of amides is 3. The van der Waals surface area contributed by atoms with E-state index in [9.17, 15) is 14.4 Å². The first-order chi connectivity index (χ1) is 16.9. The van der Waals surface area contributed by atoms with Crippen molar-refractivity contribution in [1.29, 1.82) is 0 Å². The second-order valence-corrected chi connectivity index (χ2v) is 10.1. The number of imide groups is 1. The Morgan fingerprint density at radius 2 is 1.94 bits per heavy atom. The zero-order valence-corrected chi connectivity index (χ0v) is 20.9. The molecule has 186 valence electrons. The summed E-state index contributed by atoms with van der Waals surface area (Å²) in [5.74, 6) is 0.456. The molecule has 2 unspecified atom stereocenters. The first-order valence-corrected chi connectivity index (χ1v) is 12.5. The maximum absolute atomic E-state index is 13.9. The number of hydrogen-bond acceptors (Lipinski definition) is 5. The molecule has 0 radical (unpaired) electrons. The summed E-state index contributed by atoms with van der Waals surface area (Å²) in [4.78, 5) is 48.3. The van der Waals surface area contributed by atoms with Crippen LogP contribution in [0.2, 0.25) is 0 Å². The lowest BCUT2D eigenvalue weighted by atomic mass is 9.75. The summed E-state index contributed by atoms with van der Waals surface area (Å²) in [7, 11) is 1.58. The highest BCUT2D eigenvalue weighted by atomic mass is 16.5. The van der Waals surface area contributed by atoms with Crippen molar-refractivity contribution in [2.45, 2.75) is 63.8 Å². The highest BCUT2D eigenvalue weighted by Gasteiger charge is 2.54. The van der Waals surface area contributed by atoms with Crippen molar-refractivity contribution in [2.24, 2.45) is 5.92 Å². The normalized spacial score (nSPS) is 22.7. The van der Waals surface area contributed by atoms with Crippen LogP contribution in [0.3, 0.4) is 0 Å². The molecule has 0 spiro atoms. The highest BCUT2D eigenvalue weighted by molar-refractivity contribution is 6.10. The number of likely N-dealkylation sites (tertiary alicyclic amines) is 2. The van der Waals surface area contributed by atoms with Crippen LogP contribution in [-0.4, -0.2) is 52.7 Å². The zero-order chi connectivity index (χ0) is 25.0. The van der Waals surface area contributed by atoms with Crippen molar-refractivity contribution in [3.05, 3.63) is 59.9 Å². The third-order valence-electron chi connectivity index (χ3n) is 7.33. The van der Waals surface area contributed by atoms with Crippen LogP contribution in [0, 0.1) is 5.92 Å². The first kappa shape index (κ1) is 24.9. The minimum atomic E-state index is -1.20. The average Bonchev–Trinajstić information content (AvgIpc) is 3.12. The second-order valence-electron chi connectivity index (χ2n) is 10.1. The molecule has 4 rings (SSSR count). The summed E-state index contributed by atoms with van der Waals surface area (Å²) >= 11 is 0. The number of carbonyl (C=O) groups excluding carboxylic acids is 3. The molecule has 7 nitrogen and oxygen atoms in total. The van der Waals surface area contributed by atoms with E-state index >= 15 is 0 Å². The summed E-state index contributed by atoms with van der Waals surface area (Å²) in [6.45, 7) is 5.15. The van der Waals surface area contributed by atoms with Gasteiger partial charge in [-0.2, -0.15) is 0 Å². The minimum absolute atomic E-state index is 0.00734. The van der Waals surface area contributed by atoms with Gasteiger partial charge in [-0.1, -0.05) is 32.0 Å². The van der Waals surface area contributed by atoms with Crippen molar-refractivity contribution in [3.63, 3.8) is 0 Å². The van der Waals surface area contributed by atoms with E-state index in [0.717, 1.165) is 31.2 Å². The lowest BCUT2D eigenvalue weighted by Crippen LogP contribution is -2.45. The van der Waals surface area contributed by atoms with Crippen molar-refractivity contribution in [3.8, 4) is 5.75 Å². The molecule has 0 N–H and O–H groups in total. The van der Waals surface area contributed by atoms with Crippen LogP contribution in [0.1, 0.15) is 69.5 Å². The summed E-state index contributed by atoms with van der Waals surface area (Å²) in [5.41, 5.74) is 0.493. The lowest BCUT2D eigenvalue weighted by Gasteiger charge is -2.38.